The maximum absolute atomic E-state index is 12.8. The van der Waals surface area contributed by atoms with Crippen LogP contribution in [-0.2, 0) is 11.3 Å². The third kappa shape index (κ3) is 4.89. The molecule has 3 aromatic rings. The predicted molar refractivity (Wildman–Crippen MR) is 121 cm³/mol. The van der Waals surface area contributed by atoms with Gasteiger partial charge in [-0.1, -0.05) is 23.4 Å². The molecule has 1 aromatic carbocycles. The summed E-state index contributed by atoms with van der Waals surface area (Å²) in [5.74, 6) is 1.15. The number of rotatable bonds is 8. The fraction of sp³-hybridized carbons (Fsp3) is 0.350. The van der Waals surface area contributed by atoms with E-state index in [0.29, 0.717) is 11.7 Å². The molecule has 1 atom stereocenters. The van der Waals surface area contributed by atoms with Crippen molar-refractivity contribution >= 4 is 46.6 Å². The number of carbonyl (C=O) groups excluding carboxylic acids is 1. The number of nitro groups is 1. The molecular weight excluding hydrogens is 456 g/mol. The van der Waals surface area contributed by atoms with Crippen molar-refractivity contribution < 1.29 is 14.1 Å². The standard InChI is InChI=1S/C20H21ClN6O4S/c1-13(18(28)22-17-11-14(27(29)30)6-7-16(17)21)32-20-24-23-19(25-8-2-3-9-25)26(20)12-15-5-4-10-31-15/h4-7,10-11,13H,2-3,8-9,12H2,1H3,(H,22,28). The van der Waals surface area contributed by atoms with Gasteiger partial charge in [0, 0.05) is 25.2 Å². The highest BCUT2D eigenvalue weighted by atomic mass is 35.5. The van der Waals surface area contributed by atoms with Crippen LogP contribution in [0.3, 0.4) is 0 Å². The van der Waals surface area contributed by atoms with Gasteiger partial charge in [-0.15, -0.1) is 10.2 Å². The molecule has 0 saturated carbocycles. The Balaban J connectivity index is 1.52. The number of amides is 1. The highest BCUT2D eigenvalue weighted by molar-refractivity contribution is 8.00. The van der Waals surface area contributed by atoms with Crippen LogP contribution < -0.4 is 10.2 Å². The minimum atomic E-state index is -0.559. The summed E-state index contributed by atoms with van der Waals surface area (Å²) < 4.78 is 7.44. The number of carbonyl (C=O) groups is 1. The zero-order valence-corrected chi connectivity index (χ0v) is 18.8. The third-order valence-corrected chi connectivity index (χ3v) is 6.46. The number of non-ortho nitro benzene ring substituents is 1. The Morgan fingerprint density at radius 3 is 2.81 bits per heavy atom. The van der Waals surface area contributed by atoms with Gasteiger partial charge >= 0.3 is 0 Å². The van der Waals surface area contributed by atoms with Crippen molar-refractivity contribution in [2.75, 3.05) is 23.3 Å². The minimum Gasteiger partial charge on any atom is -0.467 e. The number of halogens is 1. The van der Waals surface area contributed by atoms with Gasteiger partial charge in [0.05, 0.1) is 33.7 Å². The summed E-state index contributed by atoms with van der Waals surface area (Å²) in [6, 6.07) is 7.61. The van der Waals surface area contributed by atoms with Crippen LogP contribution in [0.5, 0.6) is 0 Å². The maximum Gasteiger partial charge on any atom is 0.271 e. The van der Waals surface area contributed by atoms with Crippen LogP contribution in [-0.4, -0.2) is 43.9 Å². The van der Waals surface area contributed by atoms with Gasteiger partial charge in [0.15, 0.2) is 5.16 Å². The average Bonchev–Trinajstić information content (AvgIpc) is 3.53. The minimum absolute atomic E-state index is 0.154. The van der Waals surface area contributed by atoms with Crippen LogP contribution >= 0.6 is 23.4 Å². The van der Waals surface area contributed by atoms with E-state index in [1.165, 1.54) is 30.0 Å². The molecule has 12 heteroatoms. The van der Waals surface area contributed by atoms with Crippen LogP contribution in [0.4, 0.5) is 17.3 Å². The first-order valence-corrected chi connectivity index (χ1v) is 11.3. The third-order valence-electron chi connectivity index (χ3n) is 5.05. The smallest absolute Gasteiger partial charge is 0.271 e. The largest absolute Gasteiger partial charge is 0.467 e. The number of thioether (sulfide) groups is 1. The Hall–Kier alpha value is -3.05. The Kier molecular flexibility index (Phi) is 6.66. The molecule has 0 bridgehead atoms. The number of furan rings is 1. The van der Waals surface area contributed by atoms with Crippen molar-refractivity contribution in [3.63, 3.8) is 0 Å². The highest BCUT2D eigenvalue weighted by Gasteiger charge is 2.25. The number of aromatic nitrogens is 3. The Morgan fingerprint density at radius 1 is 1.34 bits per heavy atom. The van der Waals surface area contributed by atoms with Crippen molar-refractivity contribution in [3.05, 3.63) is 57.5 Å². The molecule has 2 aromatic heterocycles. The second-order valence-electron chi connectivity index (χ2n) is 7.31. The van der Waals surface area contributed by atoms with Gasteiger partial charge < -0.3 is 14.6 Å². The lowest BCUT2D eigenvalue weighted by atomic mass is 10.2. The monoisotopic (exact) mass is 476 g/mol. The fourth-order valence-corrected chi connectivity index (χ4v) is 4.39. The molecule has 32 heavy (non-hydrogen) atoms. The van der Waals surface area contributed by atoms with Gasteiger partial charge in [-0.3, -0.25) is 19.5 Å². The van der Waals surface area contributed by atoms with Crippen LogP contribution in [0.15, 0.2) is 46.2 Å². The van der Waals surface area contributed by atoms with E-state index in [2.05, 4.69) is 20.4 Å². The first kappa shape index (κ1) is 22.2. The first-order chi connectivity index (χ1) is 15.4. The molecule has 1 N–H and O–H groups in total. The van der Waals surface area contributed by atoms with Gasteiger partial charge in [0.1, 0.15) is 5.76 Å². The Labute approximate surface area is 193 Å². The fourth-order valence-electron chi connectivity index (χ4n) is 3.38. The number of hydrogen-bond donors (Lipinski definition) is 1. The zero-order valence-electron chi connectivity index (χ0n) is 17.2. The number of hydrogen-bond acceptors (Lipinski definition) is 8. The molecule has 3 heterocycles. The summed E-state index contributed by atoms with van der Waals surface area (Å²) in [6.45, 7) is 3.98. The van der Waals surface area contributed by atoms with Crippen molar-refractivity contribution in [3.8, 4) is 0 Å². The van der Waals surface area contributed by atoms with Crippen molar-refractivity contribution in [2.24, 2.45) is 0 Å². The molecule has 168 valence electrons. The number of benzene rings is 1. The molecule has 0 radical (unpaired) electrons. The average molecular weight is 477 g/mol. The molecular formula is C20H21ClN6O4S. The molecule has 1 aliphatic heterocycles. The molecule has 4 rings (SSSR count). The summed E-state index contributed by atoms with van der Waals surface area (Å²) >= 11 is 7.35. The molecule has 1 saturated heterocycles. The van der Waals surface area contributed by atoms with E-state index in [4.69, 9.17) is 16.0 Å². The highest BCUT2D eigenvalue weighted by Crippen LogP contribution is 2.31. The molecule has 0 spiro atoms. The van der Waals surface area contributed by atoms with Gasteiger partial charge in [0.25, 0.3) is 5.69 Å². The molecule has 10 nitrogen and oxygen atoms in total. The summed E-state index contributed by atoms with van der Waals surface area (Å²) in [7, 11) is 0. The number of anilines is 2. The van der Waals surface area contributed by atoms with E-state index in [-0.39, 0.29) is 22.3 Å². The van der Waals surface area contributed by atoms with E-state index in [1.807, 2.05) is 16.7 Å². The summed E-state index contributed by atoms with van der Waals surface area (Å²) in [4.78, 5) is 25.4. The number of nitrogens with zero attached hydrogens (tertiary/aromatic N) is 5. The lowest BCUT2D eigenvalue weighted by Crippen LogP contribution is -2.24. The zero-order chi connectivity index (χ0) is 22.7. The van der Waals surface area contributed by atoms with Crippen LogP contribution in [0.25, 0.3) is 0 Å². The summed E-state index contributed by atoms with van der Waals surface area (Å²) in [5, 5.41) is 22.6. The normalized spacial score (nSPS) is 14.5. The van der Waals surface area contributed by atoms with Gasteiger partial charge in [0.2, 0.25) is 11.9 Å². The van der Waals surface area contributed by atoms with E-state index >= 15 is 0 Å². The molecule has 1 aliphatic rings. The van der Waals surface area contributed by atoms with Crippen LogP contribution in [0, 0.1) is 10.1 Å². The molecule has 1 amide bonds. The Morgan fingerprint density at radius 2 is 2.12 bits per heavy atom. The lowest BCUT2D eigenvalue weighted by Gasteiger charge is -2.18. The second kappa shape index (κ2) is 9.61. The number of nitrogens with one attached hydrogen (secondary N) is 1. The molecule has 1 unspecified atom stereocenters. The van der Waals surface area contributed by atoms with E-state index in [1.54, 1.807) is 13.2 Å². The number of nitro benzene ring substituents is 1. The van der Waals surface area contributed by atoms with E-state index < -0.39 is 10.2 Å². The summed E-state index contributed by atoms with van der Waals surface area (Å²) in [5.41, 5.74) is 0.0339. The van der Waals surface area contributed by atoms with E-state index in [9.17, 15) is 14.9 Å². The molecule has 1 fully saturated rings. The SMILES string of the molecule is CC(Sc1nnc(N2CCCC2)n1Cc1ccco1)C(=O)Nc1cc([N+](=O)[O-])ccc1Cl. The topological polar surface area (TPSA) is 119 Å². The quantitative estimate of drug-likeness (QED) is 0.292. The first-order valence-electron chi connectivity index (χ1n) is 10.0. The summed E-state index contributed by atoms with van der Waals surface area (Å²) in [6.07, 6.45) is 3.80. The van der Waals surface area contributed by atoms with Crippen LogP contribution in [0.2, 0.25) is 5.02 Å². The van der Waals surface area contributed by atoms with E-state index in [0.717, 1.165) is 37.6 Å². The lowest BCUT2D eigenvalue weighted by molar-refractivity contribution is -0.384. The van der Waals surface area contributed by atoms with Crippen molar-refractivity contribution in [1.82, 2.24) is 14.8 Å². The van der Waals surface area contributed by atoms with Gasteiger partial charge in [-0.2, -0.15) is 0 Å². The molecule has 0 aliphatic carbocycles. The van der Waals surface area contributed by atoms with Gasteiger partial charge in [-0.05, 0) is 38.0 Å². The van der Waals surface area contributed by atoms with Crippen LogP contribution in [0.1, 0.15) is 25.5 Å². The Bertz CT molecular complexity index is 1110. The predicted octanol–water partition coefficient (Wildman–Crippen LogP) is 4.20. The van der Waals surface area contributed by atoms with Crippen molar-refractivity contribution in [2.45, 2.75) is 36.7 Å². The van der Waals surface area contributed by atoms with Crippen molar-refractivity contribution in [1.29, 1.82) is 0 Å². The second-order valence-corrected chi connectivity index (χ2v) is 9.03. The van der Waals surface area contributed by atoms with Gasteiger partial charge in [-0.25, -0.2) is 0 Å². The maximum atomic E-state index is 12.8.